The van der Waals surface area contributed by atoms with Crippen molar-refractivity contribution in [3.8, 4) is 0 Å². The quantitative estimate of drug-likeness (QED) is 0.597. The first-order chi connectivity index (χ1) is 12.1. The molecule has 3 heteroatoms. The van der Waals surface area contributed by atoms with Gasteiger partial charge in [0.15, 0.2) is 0 Å². The Morgan fingerprint density at radius 3 is 2.44 bits per heavy atom. The molecule has 1 aromatic carbocycles. The van der Waals surface area contributed by atoms with Crippen molar-refractivity contribution in [2.45, 2.75) is 32.7 Å². The highest BCUT2D eigenvalue weighted by Gasteiger charge is 2.30. The second-order valence-electron chi connectivity index (χ2n) is 6.56. The lowest BCUT2D eigenvalue weighted by Crippen LogP contribution is -2.20. The van der Waals surface area contributed by atoms with E-state index in [2.05, 4.69) is 18.3 Å². The van der Waals surface area contributed by atoms with Crippen LogP contribution < -0.4 is 5.32 Å². The Balaban J connectivity index is 1.67. The van der Waals surface area contributed by atoms with E-state index in [0.29, 0.717) is 25.2 Å². The molecule has 0 spiro atoms. The number of allylic oxidation sites excluding steroid dienone is 7. The van der Waals surface area contributed by atoms with Gasteiger partial charge in [0.05, 0.1) is 0 Å². The van der Waals surface area contributed by atoms with Crippen molar-refractivity contribution in [2.75, 3.05) is 0 Å². The van der Waals surface area contributed by atoms with Crippen LogP contribution in [0, 0.1) is 5.41 Å². The molecule has 1 aromatic rings. The fourth-order valence-electron chi connectivity index (χ4n) is 2.73. The van der Waals surface area contributed by atoms with Gasteiger partial charge in [0.25, 0.3) is 0 Å². The summed E-state index contributed by atoms with van der Waals surface area (Å²) in [6.07, 6.45) is 17.1. The number of hydrogen-bond acceptors (Lipinski definition) is 2. The van der Waals surface area contributed by atoms with Crippen LogP contribution in [0.15, 0.2) is 78.9 Å². The Hall–Kier alpha value is -2.68. The molecule has 1 atom stereocenters. The molecule has 1 aliphatic rings. The van der Waals surface area contributed by atoms with Gasteiger partial charge in [-0.25, -0.2) is 0 Å². The Morgan fingerprint density at radius 1 is 1.08 bits per heavy atom. The zero-order valence-electron chi connectivity index (χ0n) is 14.7. The molecule has 0 radical (unpaired) electrons. The fourth-order valence-corrected chi connectivity index (χ4v) is 2.73. The molecular formula is C22H25NO2. The zero-order chi connectivity index (χ0) is 18.0. The maximum atomic E-state index is 11.7. The standard InChI is InChI=1S/C22H25NO2/c1-22(16-14-20(24)17-22)15-10-5-3-2-4-9-13-21(25)23-18-19-11-7-6-8-12-19/h2-13,15H,14,16-18H2,1H3,(H,23,25)/b4-2-,5-3+,13-9-,15-10+. The van der Waals surface area contributed by atoms with Gasteiger partial charge in [-0.05, 0) is 17.4 Å². The average Bonchev–Trinajstić information content (AvgIpc) is 2.95. The minimum absolute atomic E-state index is 0.0158. The molecule has 0 aromatic heterocycles. The Labute approximate surface area is 149 Å². The number of Topliss-reactive ketones (excluding diaryl/α,β-unsaturated/α-hetero) is 1. The van der Waals surface area contributed by atoms with Gasteiger partial charge in [0, 0.05) is 25.5 Å². The lowest BCUT2D eigenvalue weighted by atomic mass is 9.88. The highest BCUT2D eigenvalue weighted by Crippen LogP contribution is 2.36. The van der Waals surface area contributed by atoms with Gasteiger partial charge in [-0.2, -0.15) is 0 Å². The van der Waals surface area contributed by atoms with Gasteiger partial charge < -0.3 is 5.32 Å². The van der Waals surface area contributed by atoms with E-state index >= 15 is 0 Å². The molecule has 1 N–H and O–H groups in total. The average molecular weight is 335 g/mol. The molecule has 25 heavy (non-hydrogen) atoms. The summed E-state index contributed by atoms with van der Waals surface area (Å²) in [5.74, 6) is 0.239. The molecular weight excluding hydrogens is 310 g/mol. The summed E-state index contributed by atoms with van der Waals surface area (Å²) < 4.78 is 0. The number of rotatable bonds is 7. The maximum Gasteiger partial charge on any atom is 0.244 e. The predicted octanol–water partition coefficient (Wildman–Crippen LogP) is 4.29. The van der Waals surface area contributed by atoms with Crippen LogP contribution in [0.2, 0.25) is 0 Å². The van der Waals surface area contributed by atoms with Gasteiger partial charge >= 0.3 is 0 Å². The molecule has 0 saturated heterocycles. The van der Waals surface area contributed by atoms with E-state index in [4.69, 9.17) is 0 Å². The third-order valence-corrected chi connectivity index (χ3v) is 4.19. The van der Waals surface area contributed by atoms with Crippen molar-refractivity contribution >= 4 is 11.7 Å². The molecule has 3 nitrogen and oxygen atoms in total. The molecule has 130 valence electrons. The van der Waals surface area contributed by atoms with Gasteiger partial charge in [0.2, 0.25) is 5.91 Å². The lowest BCUT2D eigenvalue weighted by Gasteiger charge is -2.15. The van der Waals surface area contributed by atoms with E-state index in [1.165, 1.54) is 6.08 Å². The third-order valence-electron chi connectivity index (χ3n) is 4.19. The van der Waals surface area contributed by atoms with Crippen LogP contribution in [0.1, 0.15) is 31.7 Å². The summed E-state index contributed by atoms with van der Waals surface area (Å²) in [6, 6.07) is 9.80. The minimum atomic E-state index is -0.115. The number of ketones is 1. The van der Waals surface area contributed by atoms with Gasteiger partial charge in [-0.1, -0.05) is 79.8 Å². The van der Waals surface area contributed by atoms with Gasteiger partial charge in [-0.15, -0.1) is 0 Å². The SMILES string of the molecule is CC1(/C=C/C=C/C=C\C=C/C(=O)NCc2ccccc2)CCC(=O)C1. The topological polar surface area (TPSA) is 46.2 Å². The van der Waals surface area contributed by atoms with Crippen LogP contribution in [-0.2, 0) is 16.1 Å². The third kappa shape index (κ3) is 7.17. The highest BCUT2D eigenvalue weighted by atomic mass is 16.1. The van der Waals surface area contributed by atoms with Crippen LogP contribution in [0.5, 0.6) is 0 Å². The Bertz CT molecular complexity index is 698. The largest absolute Gasteiger partial charge is 0.348 e. The second kappa shape index (κ2) is 9.58. The van der Waals surface area contributed by atoms with Crippen molar-refractivity contribution in [2.24, 2.45) is 5.41 Å². The summed E-state index contributed by atoms with van der Waals surface area (Å²) >= 11 is 0. The normalized spacial score (nSPS) is 21.2. The summed E-state index contributed by atoms with van der Waals surface area (Å²) in [7, 11) is 0. The number of benzene rings is 1. The van der Waals surface area contributed by atoms with Crippen LogP contribution >= 0.6 is 0 Å². The number of hydrogen-bond donors (Lipinski definition) is 1. The van der Waals surface area contributed by atoms with E-state index in [1.54, 1.807) is 6.08 Å². The van der Waals surface area contributed by atoms with E-state index in [9.17, 15) is 9.59 Å². The first-order valence-corrected chi connectivity index (χ1v) is 8.60. The molecule has 0 heterocycles. The van der Waals surface area contributed by atoms with Crippen molar-refractivity contribution in [3.63, 3.8) is 0 Å². The summed E-state index contributed by atoms with van der Waals surface area (Å²) in [5, 5.41) is 2.83. The first kappa shape index (κ1) is 18.7. The Kier molecular flexibility index (Phi) is 7.15. The van der Waals surface area contributed by atoms with Crippen LogP contribution in [0.25, 0.3) is 0 Å². The van der Waals surface area contributed by atoms with E-state index < -0.39 is 0 Å². The van der Waals surface area contributed by atoms with E-state index in [-0.39, 0.29) is 11.3 Å². The zero-order valence-corrected chi connectivity index (χ0v) is 14.7. The molecule has 2 rings (SSSR count). The number of amides is 1. The maximum absolute atomic E-state index is 11.7. The number of nitrogens with one attached hydrogen (secondary N) is 1. The summed E-state index contributed by atoms with van der Waals surface area (Å²) in [5.41, 5.74) is 1.09. The molecule has 0 bridgehead atoms. The van der Waals surface area contributed by atoms with Crippen molar-refractivity contribution in [1.82, 2.24) is 5.32 Å². The summed E-state index contributed by atoms with van der Waals surface area (Å²) in [4.78, 5) is 23.0. The number of carbonyl (C=O) groups is 2. The lowest BCUT2D eigenvalue weighted by molar-refractivity contribution is -0.118. The fraction of sp³-hybridized carbons (Fsp3) is 0.273. The monoisotopic (exact) mass is 335 g/mol. The molecule has 1 unspecified atom stereocenters. The first-order valence-electron chi connectivity index (χ1n) is 8.60. The van der Waals surface area contributed by atoms with E-state index in [1.807, 2.05) is 60.7 Å². The van der Waals surface area contributed by atoms with Crippen LogP contribution in [-0.4, -0.2) is 11.7 Å². The molecule has 1 saturated carbocycles. The minimum Gasteiger partial charge on any atom is -0.348 e. The van der Waals surface area contributed by atoms with Crippen LogP contribution in [0.4, 0.5) is 0 Å². The molecule has 0 aliphatic heterocycles. The van der Waals surface area contributed by atoms with Crippen LogP contribution in [0.3, 0.4) is 0 Å². The molecule has 1 aliphatic carbocycles. The second-order valence-corrected chi connectivity index (χ2v) is 6.56. The summed E-state index contributed by atoms with van der Waals surface area (Å²) in [6.45, 7) is 2.65. The van der Waals surface area contributed by atoms with Gasteiger partial charge in [-0.3, -0.25) is 9.59 Å². The molecule has 1 amide bonds. The van der Waals surface area contributed by atoms with Crippen molar-refractivity contribution < 1.29 is 9.59 Å². The van der Waals surface area contributed by atoms with Gasteiger partial charge in [0.1, 0.15) is 5.78 Å². The number of carbonyl (C=O) groups excluding carboxylic acids is 2. The van der Waals surface area contributed by atoms with E-state index in [0.717, 1.165) is 12.0 Å². The smallest absolute Gasteiger partial charge is 0.244 e. The van der Waals surface area contributed by atoms with Crippen molar-refractivity contribution in [1.29, 1.82) is 0 Å². The highest BCUT2D eigenvalue weighted by molar-refractivity contribution is 5.87. The van der Waals surface area contributed by atoms with Crippen molar-refractivity contribution in [3.05, 3.63) is 84.5 Å². The molecule has 1 fully saturated rings. The predicted molar refractivity (Wildman–Crippen MR) is 102 cm³/mol. The Morgan fingerprint density at radius 2 is 1.76 bits per heavy atom.